The lowest BCUT2D eigenvalue weighted by Crippen LogP contribution is -2.49. The molecule has 0 spiro atoms. The fraction of sp³-hybridized carbons (Fsp3) is 0.312. The van der Waals surface area contributed by atoms with Gasteiger partial charge < -0.3 is 10.0 Å². The van der Waals surface area contributed by atoms with Gasteiger partial charge in [-0.15, -0.1) is 11.3 Å². The average molecular weight is 638 g/mol. The van der Waals surface area contributed by atoms with Crippen molar-refractivity contribution >= 4 is 32.7 Å². The van der Waals surface area contributed by atoms with Crippen LogP contribution in [0, 0.1) is 18.6 Å². The number of piperazine rings is 1. The Morgan fingerprint density at radius 2 is 1.68 bits per heavy atom. The number of nitrogens with zero attached hydrogens (tertiary/aromatic N) is 5. The number of aliphatic hydroxyl groups is 1. The van der Waals surface area contributed by atoms with E-state index in [9.17, 15) is 12.8 Å². The van der Waals surface area contributed by atoms with E-state index in [4.69, 9.17) is 15.1 Å². The van der Waals surface area contributed by atoms with Crippen LogP contribution in [0.15, 0.2) is 60.1 Å². The van der Waals surface area contributed by atoms with Crippen molar-refractivity contribution in [3.8, 4) is 33.1 Å². The molecule has 0 atom stereocenters. The van der Waals surface area contributed by atoms with Crippen LogP contribution in [0.5, 0.6) is 0 Å². The molecule has 1 aliphatic heterocycles. The first kappa shape index (κ1) is 30.3. The SMILES string of the molecule is CCc1nc2ccc(N3CCN(S(=O)(=O)CCCO)CC3)cn2c1-c1ccc(-c2nc(-c3ccc(F)cc3)cs2)c(C)c1F. The Bertz CT molecular complexity index is 1910. The zero-order chi connectivity index (χ0) is 31.0. The number of hydrogen-bond acceptors (Lipinski definition) is 7. The summed E-state index contributed by atoms with van der Waals surface area (Å²) < 4.78 is 58.2. The van der Waals surface area contributed by atoms with Gasteiger partial charge in [-0.25, -0.2) is 27.2 Å². The second-order valence-corrected chi connectivity index (χ2v) is 13.7. The summed E-state index contributed by atoms with van der Waals surface area (Å²) in [6.07, 6.45) is 2.79. The smallest absolute Gasteiger partial charge is 0.214 e. The Hall–Kier alpha value is -3.71. The molecule has 4 heterocycles. The second kappa shape index (κ2) is 12.4. The van der Waals surface area contributed by atoms with Crippen LogP contribution in [0.4, 0.5) is 14.5 Å². The predicted molar refractivity (Wildman–Crippen MR) is 170 cm³/mol. The molecule has 12 heteroatoms. The molecule has 0 bridgehead atoms. The molecule has 0 radical (unpaired) electrons. The molecule has 3 aromatic heterocycles. The van der Waals surface area contributed by atoms with E-state index in [-0.39, 0.29) is 30.4 Å². The largest absolute Gasteiger partial charge is 0.396 e. The third kappa shape index (κ3) is 5.74. The minimum atomic E-state index is -3.40. The van der Waals surface area contributed by atoms with Gasteiger partial charge in [-0.3, -0.25) is 4.40 Å². The molecule has 0 unspecified atom stereocenters. The van der Waals surface area contributed by atoms with Crippen LogP contribution in [-0.2, 0) is 16.4 Å². The molecule has 5 aromatic rings. The number of thiazole rings is 1. The number of fused-ring (bicyclic) bond motifs is 1. The maximum absolute atomic E-state index is 16.2. The van der Waals surface area contributed by atoms with E-state index >= 15 is 4.39 Å². The Morgan fingerprint density at radius 3 is 2.39 bits per heavy atom. The van der Waals surface area contributed by atoms with Gasteiger partial charge in [-0.05, 0) is 67.8 Å². The van der Waals surface area contributed by atoms with Crippen molar-refractivity contribution in [2.75, 3.05) is 43.4 Å². The first-order chi connectivity index (χ1) is 21.2. The summed E-state index contributed by atoms with van der Waals surface area (Å²) >= 11 is 1.41. The maximum atomic E-state index is 16.2. The van der Waals surface area contributed by atoms with Gasteiger partial charge in [-0.2, -0.15) is 4.31 Å². The summed E-state index contributed by atoms with van der Waals surface area (Å²) in [4.78, 5) is 11.6. The number of anilines is 1. The predicted octanol–water partition coefficient (Wildman–Crippen LogP) is 5.78. The monoisotopic (exact) mass is 637 g/mol. The number of halogens is 2. The van der Waals surface area contributed by atoms with Crippen LogP contribution < -0.4 is 4.90 Å². The molecular weight excluding hydrogens is 605 g/mol. The molecule has 1 aliphatic rings. The molecule has 2 aromatic carbocycles. The number of aryl methyl sites for hydroxylation is 1. The van der Waals surface area contributed by atoms with E-state index in [1.54, 1.807) is 25.1 Å². The topological polar surface area (TPSA) is 91.0 Å². The zero-order valence-electron chi connectivity index (χ0n) is 24.5. The van der Waals surface area contributed by atoms with Crippen molar-refractivity contribution in [2.24, 2.45) is 0 Å². The molecule has 1 fully saturated rings. The van der Waals surface area contributed by atoms with Crippen LogP contribution >= 0.6 is 11.3 Å². The molecule has 1 saturated heterocycles. The quantitative estimate of drug-likeness (QED) is 0.221. The van der Waals surface area contributed by atoms with Crippen LogP contribution in [0.2, 0.25) is 0 Å². The molecule has 1 N–H and O–H groups in total. The molecule has 44 heavy (non-hydrogen) atoms. The summed E-state index contributed by atoms with van der Waals surface area (Å²) in [6.45, 7) is 5.35. The van der Waals surface area contributed by atoms with Crippen molar-refractivity contribution in [1.29, 1.82) is 0 Å². The molecule has 8 nitrogen and oxygen atoms in total. The highest BCUT2D eigenvalue weighted by atomic mass is 32.2. The highest BCUT2D eigenvalue weighted by molar-refractivity contribution is 7.89. The fourth-order valence-electron chi connectivity index (χ4n) is 5.65. The Kier molecular flexibility index (Phi) is 8.51. The summed E-state index contributed by atoms with van der Waals surface area (Å²) in [7, 11) is -3.40. The van der Waals surface area contributed by atoms with E-state index in [0.29, 0.717) is 71.3 Å². The first-order valence-corrected chi connectivity index (χ1v) is 17.0. The highest BCUT2D eigenvalue weighted by Gasteiger charge is 2.27. The van der Waals surface area contributed by atoms with E-state index in [2.05, 4.69) is 4.90 Å². The number of rotatable bonds is 9. The zero-order valence-corrected chi connectivity index (χ0v) is 26.1. The summed E-state index contributed by atoms with van der Waals surface area (Å²) in [5, 5.41) is 11.6. The van der Waals surface area contributed by atoms with Gasteiger partial charge in [0, 0.05) is 61.1 Å². The Balaban J connectivity index is 1.31. The van der Waals surface area contributed by atoms with Gasteiger partial charge >= 0.3 is 0 Å². The molecule has 0 amide bonds. The standard InChI is InChI=1S/C32H33F2N5O3S2/c1-3-27-31(26-11-10-25(21(2)30(26)34)32-36-28(20-43-32)22-5-7-23(33)8-6-22)39-19-24(9-12-29(39)35-27)37-13-15-38(16-14-37)44(41,42)18-4-17-40/h5-12,19-20,40H,3-4,13-18H2,1-2H3. The van der Waals surface area contributed by atoms with Crippen molar-refractivity contribution in [2.45, 2.75) is 26.7 Å². The van der Waals surface area contributed by atoms with Crippen LogP contribution in [0.3, 0.4) is 0 Å². The van der Waals surface area contributed by atoms with Crippen molar-refractivity contribution in [3.05, 3.63) is 83.0 Å². The molecule has 0 aliphatic carbocycles. The number of imidazole rings is 1. The van der Waals surface area contributed by atoms with Crippen LogP contribution in [0.25, 0.3) is 38.7 Å². The average Bonchev–Trinajstić information content (AvgIpc) is 3.67. The lowest BCUT2D eigenvalue weighted by molar-refractivity contribution is 0.293. The van der Waals surface area contributed by atoms with Gasteiger partial charge in [-0.1, -0.05) is 13.0 Å². The van der Waals surface area contributed by atoms with Crippen LogP contribution in [0.1, 0.15) is 24.6 Å². The Labute approximate surface area is 259 Å². The third-order valence-corrected chi connectivity index (χ3v) is 10.9. The van der Waals surface area contributed by atoms with Crippen LogP contribution in [-0.4, -0.2) is 70.7 Å². The molecule has 230 valence electrons. The van der Waals surface area contributed by atoms with E-state index < -0.39 is 10.0 Å². The second-order valence-electron chi connectivity index (χ2n) is 10.8. The van der Waals surface area contributed by atoms with Gasteiger partial charge in [0.1, 0.15) is 22.3 Å². The molecule has 6 rings (SSSR count). The van der Waals surface area contributed by atoms with Gasteiger partial charge in [0.15, 0.2) is 0 Å². The first-order valence-electron chi connectivity index (χ1n) is 14.6. The minimum absolute atomic E-state index is 0.0601. The highest BCUT2D eigenvalue weighted by Crippen LogP contribution is 2.37. The number of aromatic nitrogens is 3. The van der Waals surface area contributed by atoms with E-state index in [1.165, 1.54) is 27.8 Å². The van der Waals surface area contributed by atoms with Gasteiger partial charge in [0.2, 0.25) is 10.0 Å². The summed E-state index contributed by atoms with van der Waals surface area (Å²) in [5.74, 6) is -0.716. The van der Waals surface area contributed by atoms with Gasteiger partial charge in [0.25, 0.3) is 0 Å². The number of sulfonamides is 1. The summed E-state index contributed by atoms with van der Waals surface area (Å²) in [6, 6.07) is 13.7. The lowest BCUT2D eigenvalue weighted by atomic mass is 10.0. The summed E-state index contributed by atoms with van der Waals surface area (Å²) in [5.41, 5.74) is 6.20. The minimum Gasteiger partial charge on any atom is -0.396 e. The normalized spacial score (nSPS) is 14.5. The number of pyridine rings is 1. The Morgan fingerprint density at radius 1 is 0.955 bits per heavy atom. The van der Waals surface area contributed by atoms with Gasteiger partial charge in [0.05, 0.1) is 28.5 Å². The molecule has 0 saturated carbocycles. The third-order valence-electron chi connectivity index (χ3n) is 8.08. The van der Waals surface area contributed by atoms with Crippen molar-refractivity contribution < 1.29 is 22.3 Å². The van der Waals surface area contributed by atoms with Crippen molar-refractivity contribution in [3.63, 3.8) is 0 Å². The molecular formula is C32H33F2N5O3S2. The van der Waals surface area contributed by atoms with E-state index in [1.807, 2.05) is 41.1 Å². The number of hydrogen-bond donors (Lipinski definition) is 1. The maximum Gasteiger partial charge on any atom is 0.214 e. The number of aliphatic hydroxyl groups excluding tert-OH is 1. The van der Waals surface area contributed by atoms with Crippen molar-refractivity contribution in [1.82, 2.24) is 18.7 Å². The number of benzene rings is 2. The fourth-order valence-corrected chi connectivity index (χ4v) is 8.03. The van der Waals surface area contributed by atoms with E-state index in [0.717, 1.165) is 16.9 Å². The lowest BCUT2D eigenvalue weighted by Gasteiger charge is -2.35.